The highest BCUT2D eigenvalue weighted by molar-refractivity contribution is 5.99. The summed E-state index contributed by atoms with van der Waals surface area (Å²) in [4.78, 5) is 24.0. The lowest BCUT2D eigenvalue weighted by molar-refractivity contribution is 0.101. The molecule has 1 heterocycles. The number of nitrogens with zero attached hydrogens (tertiary/aromatic N) is 1. The third-order valence-electron chi connectivity index (χ3n) is 3.78. The van der Waals surface area contributed by atoms with Crippen LogP contribution >= 0.6 is 0 Å². The predicted molar refractivity (Wildman–Crippen MR) is 77.4 cm³/mol. The number of nitrogen functional groups attached to an aromatic ring is 1. The van der Waals surface area contributed by atoms with Gasteiger partial charge < -0.3 is 15.0 Å². The van der Waals surface area contributed by atoms with Gasteiger partial charge in [-0.2, -0.15) is 0 Å². The van der Waals surface area contributed by atoms with E-state index in [4.69, 9.17) is 10.5 Å². The zero-order valence-corrected chi connectivity index (χ0v) is 11.8. The average molecular weight is 290 g/mol. The second-order valence-electron chi connectivity index (χ2n) is 5.27. The zero-order chi connectivity index (χ0) is 15.3. The standard InChI is InChI=1S/C15H15FN2O3/c1-7(19)10-6-18(8-3-4-8)13-9(14(10)20)5-11(16)12(17)15(13)21-2/h5-6,8H,3-4,17H2,1-2H3. The van der Waals surface area contributed by atoms with E-state index in [-0.39, 0.29) is 34.2 Å². The second kappa shape index (κ2) is 4.58. The molecule has 6 heteroatoms. The molecule has 0 atom stereocenters. The average Bonchev–Trinajstić information content (AvgIpc) is 3.26. The van der Waals surface area contributed by atoms with Crippen molar-refractivity contribution >= 4 is 22.4 Å². The number of Topliss-reactive ketones (excluding diaryl/α,β-unsaturated/α-hetero) is 1. The number of nitrogens with two attached hydrogens (primary N) is 1. The van der Waals surface area contributed by atoms with Crippen molar-refractivity contribution in [3.8, 4) is 5.75 Å². The van der Waals surface area contributed by atoms with Gasteiger partial charge in [-0.05, 0) is 25.8 Å². The van der Waals surface area contributed by atoms with E-state index in [0.717, 1.165) is 18.9 Å². The molecular weight excluding hydrogens is 275 g/mol. The molecule has 1 saturated carbocycles. The van der Waals surface area contributed by atoms with Gasteiger partial charge >= 0.3 is 0 Å². The molecule has 21 heavy (non-hydrogen) atoms. The maximum Gasteiger partial charge on any atom is 0.200 e. The van der Waals surface area contributed by atoms with Crippen molar-refractivity contribution in [3.05, 3.63) is 33.9 Å². The minimum absolute atomic E-state index is 0.0561. The summed E-state index contributed by atoms with van der Waals surface area (Å²) >= 11 is 0. The van der Waals surface area contributed by atoms with Gasteiger partial charge in [0.15, 0.2) is 22.8 Å². The highest BCUT2D eigenvalue weighted by Gasteiger charge is 2.29. The third kappa shape index (κ3) is 1.98. The summed E-state index contributed by atoms with van der Waals surface area (Å²) in [7, 11) is 1.38. The van der Waals surface area contributed by atoms with E-state index in [0.29, 0.717) is 5.52 Å². The van der Waals surface area contributed by atoms with Crippen molar-refractivity contribution in [2.24, 2.45) is 0 Å². The molecule has 5 nitrogen and oxygen atoms in total. The Hall–Kier alpha value is -2.37. The normalized spacial score (nSPS) is 14.4. The monoisotopic (exact) mass is 290 g/mol. The van der Waals surface area contributed by atoms with Crippen LogP contribution < -0.4 is 15.9 Å². The maximum absolute atomic E-state index is 13.9. The van der Waals surface area contributed by atoms with E-state index in [1.807, 2.05) is 4.57 Å². The number of carbonyl (C=O) groups excluding carboxylic acids is 1. The summed E-state index contributed by atoms with van der Waals surface area (Å²) in [6.07, 6.45) is 3.41. The van der Waals surface area contributed by atoms with Crippen LogP contribution in [-0.2, 0) is 0 Å². The number of hydrogen-bond acceptors (Lipinski definition) is 4. The quantitative estimate of drug-likeness (QED) is 0.695. The first kappa shape index (κ1) is 13.6. The fourth-order valence-corrected chi connectivity index (χ4v) is 2.57. The number of ether oxygens (including phenoxy) is 1. The van der Waals surface area contributed by atoms with Gasteiger partial charge in [0, 0.05) is 12.2 Å². The predicted octanol–water partition coefficient (Wildman–Crippen LogP) is 2.27. The number of methoxy groups -OCH3 is 1. The van der Waals surface area contributed by atoms with Crippen molar-refractivity contribution in [3.63, 3.8) is 0 Å². The third-order valence-corrected chi connectivity index (χ3v) is 3.78. The van der Waals surface area contributed by atoms with Crippen LogP contribution in [0.15, 0.2) is 17.1 Å². The molecule has 2 aromatic rings. The molecule has 0 bridgehead atoms. The van der Waals surface area contributed by atoms with E-state index in [2.05, 4.69) is 0 Å². The first-order valence-electron chi connectivity index (χ1n) is 6.67. The minimum atomic E-state index is -0.723. The van der Waals surface area contributed by atoms with Crippen LogP contribution in [-0.4, -0.2) is 17.5 Å². The van der Waals surface area contributed by atoms with Crippen LogP contribution in [0.3, 0.4) is 0 Å². The number of hydrogen-bond donors (Lipinski definition) is 1. The summed E-state index contributed by atoms with van der Waals surface area (Å²) in [5.41, 5.74) is 5.60. The largest absolute Gasteiger partial charge is 0.492 e. The molecule has 0 radical (unpaired) electrons. The molecular formula is C15H15FN2O3. The molecule has 0 unspecified atom stereocenters. The number of aromatic nitrogens is 1. The molecule has 0 amide bonds. The highest BCUT2D eigenvalue weighted by atomic mass is 19.1. The molecule has 1 aromatic heterocycles. The number of benzene rings is 1. The van der Waals surface area contributed by atoms with Gasteiger partial charge in [-0.3, -0.25) is 9.59 Å². The minimum Gasteiger partial charge on any atom is -0.492 e. The van der Waals surface area contributed by atoms with Gasteiger partial charge in [0.25, 0.3) is 0 Å². The first-order chi connectivity index (χ1) is 9.95. The Balaban J connectivity index is 2.52. The zero-order valence-electron chi connectivity index (χ0n) is 11.8. The van der Waals surface area contributed by atoms with E-state index in [1.165, 1.54) is 20.2 Å². The summed E-state index contributed by atoms with van der Waals surface area (Å²) in [6.45, 7) is 1.32. The van der Waals surface area contributed by atoms with Crippen LogP contribution in [0, 0.1) is 5.82 Å². The van der Waals surface area contributed by atoms with Gasteiger partial charge in [0.2, 0.25) is 0 Å². The molecule has 1 aliphatic rings. The van der Waals surface area contributed by atoms with Crippen LogP contribution in [0.5, 0.6) is 5.75 Å². The topological polar surface area (TPSA) is 74.3 Å². The summed E-state index contributed by atoms with van der Waals surface area (Å²) in [6, 6.07) is 1.27. The van der Waals surface area contributed by atoms with Crippen LogP contribution in [0.2, 0.25) is 0 Å². The van der Waals surface area contributed by atoms with Crippen LogP contribution in [0.4, 0.5) is 10.1 Å². The number of rotatable bonds is 3. The molecule has 0 aliphatic heterocycles. The van der Waals surface area contributed by atoms with E-state index in [9.17, 15) is 14.0 Å². The van der Waals surface area contributed by atoms with E-state index < -0.39 is 11.2 Å². The Morgan fingerprint density at radius 2 is 2.14 bits per heavy atom. The lowest BCUT2D eigenvalue weighted by Crippen LogP contribution is -2.18. The fraction of sp³-hybridized carbons (Fsp3) is 0.333. The smallest absolute Gasteiger partial charge is 0.200 e. The Labute approximate surface area is 120 Å². The highest BCUT2D eigenvalue weighted by Crippen LogP contribution is 2.41. The Morgan fingerprint density at radius 1 is 1.48 bits per heavy atom. The van der Waals surface area contributed by atoms with Crippen LogP contribution in [0.1, 0.15) is 36.2 Å². The second-order valence-corrected chi connectivity index (χ2v) is 5.27. The van der Waals surface area contributed by atoms with Gasteiger partial charge in [-0.1, -0.05) is 0 Å². The van der Waals surface area contributed by atoms with Crippen LogP contribution in [0.25, 0.3) is 10.9 Å². The number of ketones is 1. The van der Waals surface area contributed by atoms with Crippen molar-refractivity contribution in [2.45, 2.75) is 25.8 Å². The number of carbonyl (C=O) groups is 1. The van der Waals surface area contributed by atoms with Crippen molar-refractivity contribution in [1.29, 1.82) is 0 Å². The molecule has 110 valence electrons. The van der Waals surface area contributed by atoms with Crippen molar-refractivity contribution in [2.75, 3.05) is 12.8 Å². The molecule has 3 rings (SSSR count). The number of anilines is 1. The number of pyridine rings is 1. The lowest BCUT2D eigenvalue weighted by atomic mass is 10.1. The van der Waals surface area contributed by atoms with Gasteiger partial charge in [-0.25, -0.2) is 4.39 Å². The number of halogens is 1. The lowest BCUT2D eigenvalue weighted by Gasteiger charge is -2.16. The van der Waals surface area contributed by atoms with Gasteiger partial charge in [-0.15, -0.1) is 0 Å². The molecule has 2 N–H and O–H groups in total. The summed E-state index contributed by atoms with van der Waals surface area (Å²) in [5, 5.41) is 0.123. The molecule has 1 fully saturated rings. The molecule has 1 aliphatic carbocycles. The maximum atomic E-state index is 13.9. The SMILES string of the molecule is COc1c(N)c(F)cc2c(=O)c(C(C)=O)cn(C3CC3)c12. The number of fused-ring (bicyclic) bond motifs is 1. The summed E-state index contributed by atoms with van der Waals surface area (Å²) in [5.74, 6) is -0.920. The molecule has 0 saturated heterocycles. The van der Waals surface area contributed by atoms with Gasteiger partial charge in [0.1, 0.15) is 5.69 Å². The Kier molecular flexibility index (Phi) is 2.97. The Morgan fingerprint density at radius 3 is 2.67 bits per heavy atom. The van der Waals surface area contributed by atoms with Crippen molar-refractivity contribution in [1.82, 2.24) is 4.57 Å². The first-order valence-corrected chi connectivity index (χ1v) is 6.67. The fourth-order valence-electron chi connectivity index (χ4n) is 2.57. The van der Waals surface area contributed by atoms with Crippen molar-refractivity contribution < 1.29 is 13.9 Å². The summed E-state index contributed by atoms with van der Waals surface area (Å²) < 4.78 is 20.9. The molecule has 1 aromatic carbocycles. The van der Waals surface area contributed by atoms with E-state index >= 15 is 0 Å². The van der Waals surface area contributed by atoms with Gasteiger partial charge in [0.05, 0.1) is 23.6 Å². The van der Waals surface area contributed by atoms with E-state index in [1.54, 1.807) is 0 Å². The molecule has 0 spiro atoms. The Bertz CT molecular complexity index is 822.